The average Bonchev–Trinajstić information content (AvgIpc) is 3.14. The first-order chi connectivity index (χ1) is 13.8. The summed E-state index contributed by atoms with van der Waals surface area (Å²) < 4.78 is 40.4. The Hall–Kier alpha value is -1.87. The molecule has 0 aliphatic carbocycles. The number of furan rings is 1. The molecule has 0 spiro atoms. The van der Waals surface area contributed by atoms with Crippen LogP contribution in [-0.4, -0.2) is 41.6 Å². The van der Waals surface area contributed by atoms with Crippen LogP contribution >= 0.6 is 27.5 Å². The number of hydrogen-bond acceptors (Lipinski definition) is 5. The van der Waals surface area contributed by atoms with Crippen LogP contribution in [0, 0.1) is 11.6 Å². The Bertz CT molecular complexity index is 1040. The molecule has 1 aliphatic rings. The van der Waals surface area contributed by atoms with E-state index in [2.05, 4.69) is 15.9 Å². The van der Waals surface area contributed by atoms with E-state index in [1.165, 1.54) is 11.2 Å². The number of rotatable bonds is 4. The maximum atomic E-state index is 14.2. The van der Waals surface area contributed by atoms with Gasteiger partial charge < -0.3 is 24.3 Å². The number of hydrogen-bond donors (Lipinski definition) is 2. The third kappa shape index (κ3) is 3.82. The second kappa shape index (κ2) is 7.75. The number of nitrogens with zero attached hydrogens (tertiary/aromatic N) is 1. The Morgan fingerprint density at radius 3 is 2.69 bits per heavy atom. The van der Waals surface area contributed by atoms with Crippen molar-refractivity contribution in [3.05, 3.63) is 57.7 Å². The van der Waals surface area contributed by atoms with Gasteiger partial charge in [0.25, 0.3) is 0 Å². The number of piperidine rings is 1. The molecule has 4 rings (SSSR count). The summed E-state index contributed by atoms with van der Waals surface area (Å²) in [6.45, 7) is -0.236. The van der Waals surface area contributed by atoms with Gasteiger partial charge in [-0.15, -0.1) is 0 Å². The zero-order valence-electron chi connectivity index (χ0n) is 15.0. The molecule has 154 valence electrons. The van der Waals surface area contributed by atoms with E-state index in [-0.39, 0.29) is 36.8 Å². The number of benzene rings is 2. The zero-order valence-corrected chi connectivity index (χ0v) is 17.4. The number of aliphatic hydroxyl groups excluding tert-OH is 1. The van der Waals surface area contributed by atoms with E-state index < -0.39 is 23.3 Å². The van der Waals surface area contributed by atoms with Crippen molar-refractivity contribution in [3.8, 4) is 5.75 Å². The lowest BCUT2D eigenvalue weighted by Gasteiger charge is -2.42. The molecule has 0 bridgehead atoms. The predicted octanol–water partition coefficient (Wildman–Crippen LogP) is 4.51. The van der Waals surface area contributed by atoms with Crippen molar-refractivity contribution in [1.29, 1.82) is 0 Å². The van der Waals surface area contributed by atoms with Gasteiger partial charge in [-0.25, -0.2) is 8.78 Å². The maximum absolute atomic E-state index is 14.2. The normalized spacial score (nSPS) is 22.3. The molecule has 1 aliphatic heterocycles. The minimum absolute atomic E-state index is 0.0491. The van der Waals surface area contributed by atoms with E-state index >= 15 is 0 Å². The molecule has 3 aromatic rings. The Balaban J connectivity index is 1.49. The summed E-state index contributed by atoms with van der Waals surface area (Å²) in [7, 11) is 0. The molecule has 0 saturated carbocycles. The van der Waals surface area contributed by atoms with Crippen LogP contribution < -0.4 is 9.64 Å². The average molecular weight is 489 g/mol. The third-order valence-electron chi connectivity index (χ3n) is 5.13. The van der Waals surface area contributed by atoms with Crippen molar-refractivity contribution >= 4 is 44.2 Å². The second-order valence-electron chi connectivity index (χ2n) is 7.03. The van der Waals surface area contributed by atoms with Gasteiger partial charge in [0, 0.05) is 28.0 Å². The van der Waals surface area contributed by atoms with Crippen LogP contribution in [0.1, 0.15) is 6.42 Å². The molecule has 2 heterocycles. The van der Waals surface area contributed by atoms with Crippen LogP contribution in [0.4, 0.5) is 14.5 Å². The lowest BCUT2D eigenvalue weighted by molar-refractivity contribution is -0.108. The van der Waals surface area contributed by atoms with E-state index in [1.54, 1.807) is 18.2 Å². The highest BCUT2D eigenvalue weighted by atomic mass is 79.9. The lowest BCUT2D eigenvalue weighted by atomic mass is 9.89. The van der Waals surface area contributed by atoms with Crippen molar-refractivity contribution in [1.82, 2.24) is 0 Å². The minimum atomic E-state index is -1.58. The van der Waals surface area contributed by atoms with Crippen LogP contribution in [0.2, 0.25) is 5.02 Å². The molecule has 1 aromatic heterocycles. The lowest BCUT2D eigenvalue weighted by Crippen LogP contribution is -2.58. The molecule has 2 atom stereocenters. The molecule has 5 nitrogen and oxygen atoms in total. The van der Waals surface area contributed by atoms with Gasteiger partial charge in [0.2, 0.25) is 0 Å². The number of halogens is 4. The van der Waals surface area contributed by atoms with Gasteiger partial charge in [-0.3, -0.25) is 0 Å². The fraction of sp³-hybridized carbons (Fsp3) is 0.300. The third-order valence-corrected chi connectivity index (χ3v) is 6.04. The number of ether oxygens (including phenoxy) is 1. The molecule has 0 radical (unpaired) electrons. The van der Waals surface area contributed by atoms with Crippen LogP contribution in [0.25, 0.3) is 11.0 Å². The van der Waals surface area contributed by atoms with Gasteiger partial charge in [-0.1, -0.05) is 27.5 Å². The highest BCUT2D eigenvalue weighted by Crippen LogP contribution is 2.35. The van der Waals surface area contributed by atoms with Crippen LogP contribution in [0.5, 0.6) is 5.75 Å². The van der Waals surface area contributed by atoms with Gasteiger partial charge in [-0.2, -0.15) is 0 Å². The van der Waals surface area contributed by atoms with Gasteiger partial charge in [0.15, 0.2) is 23.0 Å². The largest absolute Gasteiger partial charge is 0.487 e. The van der Waals surface area contributed by atoms with Gasteiger partial charge in [-0.05, 0) is 36.8 Å². The number of anilines is 1. The van der Waals surface area contributed by atoms with Gasteiger partial charge in [0.05, 0.1) is 6.26 Å². The first-order valence-corrected chi connectivity index (χ1v) is 10.0. The summed E-state index contributed by atoms with van der Waals surface area (Å²) in [5, 5.41) is 22.2. The van der Waals surface area contributed by atoms with Crippen molar-refractivity contribution in [3.63, 3.8) is 0 Å². The molecule has 1 fully saturated rings. The molecule has 2 aromatic carbocycles. The van der Waals surface area contributed by atoms with Crippen LogP contribution in [0.3, 0.4) is 0 Å². The number of β-amino-alcohol motifs (C(OH)–C–C–N with tert-alkyl or cyclic N) is 1. The second-order valence-corrected chi connectivity index (χ2v) is 8.32. The van der Waals surface area contributed by atoms with Crippen LogP contribution in [0.15, 0.2) is 45.5 Å². The van der Waals surface area contributed by atoms with E-state index in [9.17, 15) is 19.0 Å². The highest BCUT2D eigenvalue weighted by Gasteiger charge is 2.42. The Kier molecular flexibility index (Phi) is 5.46. The Labute approximate surface area is 178 Å². The quantitative estimate of drug-likeness (QED) is 0.566. The summed E-state index contributed by atoms with van der Waals surface area (Å²) in [6, 6.07) is 7.29. The van der Waals surface area contributed by atoms with Crippen molar-refractivity contribution in [2.24, 2.45) is 0 Å². The van der Waals surface area contributed by atoms with Crippen molar-refractivity contribution in [2.75, 3.05) is 24.6 Å². The van der Waals surface area contributed by atoms with Gasteiger partial charge in [0.1, 0.15) is 24.0 Å². The zero-order chi connectivity index (χ0) is 20.8. The highest BCUT2D eigenvalue weighted by molar-refractivity contribution is 9.10. The van der Waals surface area contributed by atoms with E-state index in [0.717, 1.165) is 22.0 Å². The SMILES string of the molecule is O[C@@H]1CN(c2c(F)cc(Cl)cc2F)CC[C@@]1(O)COc1ccc(Br)c2ccoc12. The first-order valence-electron chi connectivity index (χ1n) is 8.87. The number of fused-ring (bicyclic) bond motifs is 1. The molecular weight excluding hydrogens is 472 g/mol. The molecule has 29 heavy (non-hydrogen) atoms. The summed E-state index contributed by atoms with van der Waals surface area (Å²) in [4.78, 5) is 1.35. The molecular formula is C20H17BrClF2NO4. The standard InChI is InChI=1S/C20H17BrClF2NO4/c21-13-1-2-16(19-12(13)3-6-28-19)29-10-20(27)4-5-25(9-17(20)26)18-14(23)7-11(22)8-15(18)24/h1-3,6-8,17,26-27H,4-5,9-10H2/t17-,20-/m1/s1. The topological polar surface area (TPSA) is 66.1 Å². The Morgan fingerprint density at radius 2 is 2.00 bits per heavy atom. The molecule has 0 unspecified atom stereocenters. The van der Waals surface area contributed by atoms with E-state index in [0.29, 0.717) is 11.3 Å². The Morgan fingerprint density at radius 1 is 1.28 bits per heavy atom. The van der Waals surface area contributed by atoms with Crippen molar-refractivity contribution < 1.29 is 28.1 Å². The van der Waals surface area contributed by atoms with Gasteiger partial charge >= 0.3 is 0 Å². The fourth-order valence-corrected chi connectivity index (χ4v) is 4.13. The summed E-state index contributed by atoms with van der Waals surface area (Å²) in [6.07, 6.45) is 0.292. The summed E-state index contributed by atoms with van der Waals surface area (Å²) in [5.74, 6) is -1.22. The van der Waals surface area contributed by atoms with Crippen LogP contribution in [-0.2, 0) is 0 Å². The predicted molar refractivity (Wildman–Crippen MR) is 109 cm³/mol. The maximum Gasteiger partial charge on any atom is 0.176 e. The van der Waals surface area contributed by atoms with E-state index in [1.807, 2.05) is 0 Å². The number of aliphatic hydroxyl groups is 2. The first kappa shape index (κ1) is 20.4. The molecule has 1 saturated heterocycles. The summed E-state index contributed by atoms with van der Waals surface area (Å²) >= 11 is 9.09. The molecule has 2 N–H and O–H groups in total. The fourth-order valence-electron chi connectivity index (χ4n) is 3.49. The smallest absolute Gasteiger partial charge is 0.176 e. The van der Waals surface area contributed by atoms with Crippen molar-refractivity contribution in [2.45, 2.75) is 18.1 Å². The minimum Gasteiger partial charge on any atom is -0.487 e. The monoisotopic (exact) mass is 487 g/mol. The molecule has 9 heteroatoms. The molecule has 0 amide bonds. The van der Waals surface area contributed by atoms with E-state index in [4.69, 9.17) is 20.8 Å². The summed E-state index contributed by atoms with van der Waals surface area (Å²) in [5.41, 5.74) is -1.34.